The molecule has 3 rings (SSSR count). The number of thioether (sulfide) groups is 1. The average molecular weight is 453 g/mol. The third-order valence-corrected chi connectivity index (χ3v) is 5.52. The van der Waals surface area contributed by atoms with Crippen LogP contribution in [0, 0.1) is 13.8 Å². The molecule has 0 aliphatic carbocycles. The van der Waals surface area contributed by atoms with Crippen LogP contribution < -0.4 is 4.74 Å². The van der Waals surface area contributed by atoms with E-state index in [0.29, 0.717) is 16.9 Å². The van der Waals surface area contributed by atoms with Gasteiger partial charge in [0.05, 0.1) is 11.8 Å². The SMILES string of the molecule is CSc1ccc(C(=O)/C=C/c2cc(C)c(OCC(=O)OC(C)(C)C)c(C)c2)c2occc12. The van der Waals surface area contributed by atoms with Crippen molar-refractivity contribution in [1.82, 2.24) is 0 Å². The van der Waals surface area contributed by atoms with E-state index in [4.69, 9.17) is 13.9 Å². The van der Waals surface area contributed by atoms with Gasteiger partial charge in [-0.25, -0.2) is 4.79 Å². The molecule has 0 spiro atoms. The molecule has 2 aromatic carbocycles. The number of hydrogen-bond acceptors (Lipinski definition) is 6. The highest BCUT2D eigenvalue weighted by atomic mass is 32.2. The maximum atomic E-state index is 12.8. The molecule has 0 unspecified atom stereocenters. The predicted octanol–water partition coefficient (Wildman–Crippen LogP) is 6.39. The quantitative estimate of drug-likeness (QED) is 0.179. The Morgan fingerprint density at radius 3 is 2.41 bits per heavy atom. The van der Waals surface area contributed by atoms with Gasteiger partial charge in [0.25, 0.3) is 0 Å². The largest absolute Gasteiger partial charge is 0.481 e. The highest BCUT2D eigenvalue weighted by molar-refractivity contribution is 7.98. The standard InChI is InChI=1S/C26H28O5S/c1-16-13-18(14-17(2)24(16)30-15-23(28)31-26(3,4)5)7-9-21(27)19-8-10-22(32-6)20-11-12-29-25(19)20/h7-14H,15H2,1-6H3/b9-7+. The normalized spacial score (nSPS) is 11.8. The Kier molecular flexibility index (Phi) is 7.14. The van der Waals surface area contributed by atoms with Crippen LogP contribution in [0.15, 0.2) is 52.0 Å². The molecule has 0 saturated heterocycles. The van der Waals surface area contributed by atoms with Gasteiger partial charge in [0, 0.05) is 10.3 Å². The lowest BCUT2D eigenvalue weighted by Gasteiger charge is -2.20. The number of benzene rings is 2. The molecule has 0 aliphatic rings. The highest BCUT2D eigenvalue weighted by Crippen LogP contribution is 2.30. The van der Waals surface area contributed by atoms with Gasteiger partial charge in [0.1, 0.15) is 16.9 Å². The van der Waals surface area contributed by atoms with Crippen molar-refractivity contribution in [2.75, 3.05) is 12.9 Å². The topological polar surface area (TPSA) is 65.7 Å². The number of rotatable bonds is 7. The van der Waals surface area contributed by atoms with Gasteiger partial charge in [-0.1, -0.05) is 6.08 Å². The van der Waals surface area contributed by atoms with Gasteiger partial charge in [-0.05, 0) is 94.0 Å². The van der Waals surface area contributed by atoms with Gasteiger partial charge in [0.15, 0.2) is 12.4 Å². The second-order valence-electron chi connectivity index (χ2n) is 8.54. The third kappa shape index (κ3) is 5.62. The van der Waals surface area contributed by atoms with Gasteiger partial charge in [-0.3, -0.25) is 4.79 Å². The Hall–Kier alpha value is -2.99. The molecule has 0 aliphatic heterocycles. The first-order valence-corrected chi connectivity index (χ1v) is 11.5. The summed E-state index contributed by atoms with van der Waals surface area (Å²) in [6.07, 6.45) is 6.92. The summed E-state index contributed by atoms with van der Waals surface area (Å²) in [7, 11) is 0. The van der Waals surface area contributed by atoms with E-state index in [1.54, 1.807) is 36.2 Å². The maximum absolute atomic E-state index is 12.8. The van der Waals surface area contributed by atoms with Crippen LogP contribution in [0.25, 0.3) is 17.0 Å². The minimum absolute atomic E-state index is 0.127. The molecule has 3 aromatic rings. The van der Waals surface area contributed by atoms with E-state index in [1.807, 2.05) is 65.1 Å². The third-order valence-electron chi connectivity index (χ3n) is 4.73. The Labute approximate surface area is 192 Å². The van der Waals surface area contributed by atoms with Crippen LogP contribution in [0.2, 0.25) is 0 Å². The van der Waals surface area contributed by atoms with Crippen LogP contribution in [0.5, 0.6) is 5.75 Å². The molecule has 32 heavy (non-hydrogen) atoms. The van der Waals surface area contributed by atoms with Crippen molar-refractivity contribution in [3.63, 3.8) is 0 Å². The molecule has 0 amide bonds. The number of fused-ring (bicyclic) bond motifs is 1. The molecule has 0 radical (unpaired) electrons. The highest BCUT2D eigenvalue weighted by Gasteiger charge is 2.18. The van der Waals surface area contributed by atoms with Crippen LogP contribution in [0.1, 0.15) is 47.8 Å². The molecule has 5 nitrogen and oxygen atoms in total. The number of ether oxygens (including phenoxy) is 2. The van der Waals surface area contributed by atoms with Crippen molar-refractivity contribution in [1.29, 1.82) is 0 Å². The lowest BCUT2D eigenvalue weighted by atomic mass is 10.0. The maximum Gasteiger partial charge on any atom is 0.344 e. The van der Waals surface area contributed by atoms with Crippen molar-refractivity contribution in [3.05, 3.63) is 64.9 Å². The molecular weight excluding hydrogens is 424 g/mol. The van der Waals surface area contributed by atoms with Crippen LogP contribution in [0.4, 0.5) is 0 Å². The fourth-order valence-corrected chi connectivity index (χ4v) is 4.06. The summed E-state index contributed by atoms with van der Waals surface area (Å²) < 4.78 is 16.6. The molecule has 0 bridgehead atoms. The van der Waals surface area contributed by atoms with Crippen molar-refractivity contribution in [2.45, 2.75) is 45.1 Å². The monoisotopic (exact) mass is 452 g/mol. The molecule has 6 heteroatoms. The zero-order valence-electron chi connectivity index (χ0n) is 19.3. The number of hydrogen-bond donors (Lipinski definition) is 0. The fraction of sp³-hybridized carbons (Fsp3) is 0.308. The van der Waals surface area contributed by atoms with Crippen molar-refractivity contribution in [3.8, 4) is 5.75 Å². The first-order chi connectivity index (χ1) is 15.1. The lowest BCUT2D eigenvalue weighted by Crippen LogP contribution is -2.27. The smallest absolute Gasteiger partial charge is 0.344 e. The molecule has 0 N–H and O–H groups in total. The number of carbonyl (C=O) groups excluding carboxylic acids is 2. The van der Waals surface area contributed by atoms with Gasteiger partial charge in [-0.2, -0.15) is 0 Å². The van der Waals surface area contributed by atoms with E-state index in [9.17, 15) is 9.59 Å². The van der Waals surface area contributed by atoms with Gasteiger partial charge in [-0.15, -0.1) is 11.8 Å². The van der Waals surface area contributed by atoms with E-state index in [-0.39, 0.29) is 12.4 Å². The first kappa shape index (κ1) is 23.7. The van der Waals surface area contributed by atoms with E-state index in [1.165, 1.54) is 0 Å². The summed E-state index contributed by atoms with van der Waals surface area (Å²) in [5, 5.41) is 0.940. The molecule has 0 saturated carbocycles. The first-order valence-electron chi connectivity index (χ1n) is 10.3. The van der Waals surface area contributed by atoms with Crippen LogP contribution in [-0.4, -0.2) is 30.2 Å². The van der Waals surface area contributed by atoms with Crippen molar-refractivity contribution in [2.24, 2.45) is 0 Å². The van der Waals surface area contributed by atoms with E-state index in [0.717, 1.165) is 27.0 Å². The molecule has 1 heterocycles. The summed E-state index contributed by atoms with van der Waals surface area (Å²) in [6, 6.07) is 9.45. The minimum Gasteiger partial charge on any atom is -0.481 e. The zero-order valence-corrected chi connectivity index (χ0v) is 20.1. The molecule has 0 fully saturated rings. The number of esters is 1. The molecular formula is C26H28O5S. The molecule has 0 atom stereocenters. The summed E-state index contributed by atoms with van der Waals surface area (Å²) >= 11 is 1.62. The van der Waals surface area contributed by atoms with E-state index >= 15 is 0 Å². The summed E-state index contributed by atoms with van der Waals surface area (Å²) in [5.74, 6) is 0.102. The number of furan rings is 1. The Balaban J connectivity index is 1.75. The zero-order chi connectivity index (χ0) is 23.5. The van der Waals surface area contributed by atoms with Crippen molar-refractivity contribution < 1.29 is 23.5 Å². The second kappa shape index (κ2) is 9.65. The number of carbonyl (C=O) groups is 2. The van der Waals surface area contributed by atoms with E-state index < -0.39 is 11.6 Å². The molecule has 168 valence electrons. The summed E-state index contributed by atoms with van der Waals surface area (Å²) in [6.45, 7) is 9.11. The van der Waals surface area contributed by atoms with Crippen molar-refractivity contribution >= 4 is 40.6 Å². The van der Waals surface area contributed by atoms with Crippen LogP contribution in [-0.2, 0) is 9.53 Å². The van der Waals surface area contributed by atoms with Crippen LogP contribution in [0.3, 0.4) is 0 Å². The molecule has 1 aromatic heterocycles. The van der Waals surface area contributed by atoms with E-state index in [2.05, 4.69) is 0 Å². The van der Waals surface area contributed by atoms with Gasteiger partial charge < -0.3 is 13.9 Å². The minimum atomic E-state index is -0.553. The number of aryl methyl sites for hydroxylation is 2. The summed E-state index contributed by atoms with van der Waals surface area (Å²) in [5.41, 5.74) is 3.20. The van der Waals surface area contributed by atoms with Gasteiger partial charge >= 0.3 is 5.97 Å². The fourth-order valence-electron chi connectivity index (χ4n) is 3.48. The average Bonchev–Trinajstić information content (AvgIpc) is 3.19. The number of ketones is 1. The Morgan fingerprint density at radius 1 is 1.09 bits per heavy atom. The van der Waals surface area contributed by atoms with Crippen LogP contribution >= 0.6 is 11.8 Å². The van der Waals surface area contributed by atoms with Gasteiger partial charge in [0.2, 0.25) is 0 Å². The Bertz CT molecular complexity index is 1160. The second-order valence-corrected chi connectivity index (χ2v) is 9.38. The summed E-state index contributed by atoms with van der Waals surface area (Å²) in [4.78, 5) is 25.8. The number of allylic oxidation sites excluding steroid dienone is 1. The lowest BCUT2D eigenvalue weighted by molar-refractivity contribution is -0.157. The Morgan fingerprint density at radius 2 is 1.78 bits per heavy atom. The predicted molar refractivity (Wildman–Crippen MR) is 129 cm³/mol.